The zero-order chi connectivity index (χ0) is 17.6. The maximum absolute atomic E-state index is 10.6. The summed E-state index contributed by atoms with van der Waals surface area (Å²) in [5.74, 6) is 3.06. The molecule has 6 atom stereocenters. The molecule has 0 aliphatic heterocycles. The fourth-order valence-corrected chi connectivity index (χ4v) is 6.60. The van der Waals surface area contributed by atoms with Gasteiger partial charge in [0.2, 0.25) is 0 Å². The highest BCUT2D eigenvalue weighted by molar-refractivity contribution is 5.42. The minimum atomic E-state index is -0.0989. The maximum Gasteiger partial charge on any atom is 0.115 e. The van der Waals surface area contributed by atoms with Crippen molar-refractivity contribution in [2.45, 2.75) is 89.6 Å². The number of unbranched alkanes of at least 4 members (excludes halogenated alkanes) is 2. The van der Waals surface area contributed by atoms with Crippen molar-refractivity contribution in [1.82, 2.24) is 0 Å². The van der Waals surface area contributed by atoms with E-state index in [9.17, 15) is 10.2 Å². The minimum Gasteiger partial charge on any atom is -0.508 e. The van der Waals surface area contributed by atoms with E-state index >= 15 is 0 Å². The van der Waals surface area contributed by atoms with Gasteiger partial charge in [-0.2, -0.15) is 0 Å². The first-order chi connectivity index (χ1) is 12.0. The number of hydrogen-bond donors (Lipinski definition) is 2. The Morgan fingerprint density at radius 1 is 1.12 bits per heavy atom. The lowest BCUT2D eigenvalue weighted by molar-refractivity contribution is -0.0252. The average Bonchev–Trinajstić information content (AvgIpc) is 2.90. The lowest BCUT2D eigenvalue weighted by atomic mass is 9.53. The number of phenolic OH excluding ortho intramolecular Hbond substituents is 1. The molecule has 0 aromatic heterocycles. The van der Waals surface area contributed by atoms with Gasteiger partial charge in [0, 0.05) is 0 Å². The summed E-state index contributed by atoms with van der Waals surface area (Å²) in [5.41, 5.74) is 3.09. The van der Waals surface area contributed by atoms with Crippen LogP contribution in [-0.2, 0) is 0 Å². The highest BCUT2D eigenvalue weighted by atomic mass is 16.3. The minimum absolute atomic E-state index is 0.0989. The van der Waals surface area contributed by atoms with E-state index in [4.69, 9.17) is 0 Å². The van der Waals surface area contributed by atoms with Crippen LogP contribution < -0.4 is 0 Å². The highest BCUT2D eigenvalue weighted by Crippen LogP contribution is 2.62. The molecule has 2 nitrogen and oxygen atoms in total. The summed E-state index contributed by atoms with van der Waals surface area (Å²) < 4.78 is 0. The van der Waals surface area contributed by atoms with Crippen molar-refractivity contribution in [2.24, 2.45) is 17.3 Å². The van der Waals surface area contributed by atoms with Crippen LogP contribution in [0, 0.1) is 17.3 Å². The molecule has 138 valence electrons. The van der Waals surface area contributed by atoms with Gasteiger partial charge in [0.05, 0.1) is 6.10 Å². The fraction of sp³-hybridized carbons (Fsp3) is 0.739. The summed E-state index contributed by atoms with van der Waals surface area (Å²) in [6.45, 7) is 4.62. The van der Waals surface area contributed by atoms with Crippen molar-refractivity contribution < 1.29 is 10.2 Å². The number of phenols is 1. The van der Waals surface area contributed by atoms with Crippen molar-refractivity contribution in [1.29, 1.82) is 0 Å². The van der Waals surface area contributed by atoms with Crippen LogP contribution in [0.15, 0.2) is 18.2 Å². The Kier molecular flexibility index (Phi) is 4.60. The van der Waals surface area contributed by atoms with Crippen molar-refractivity contribution in [3.63, 3.8) is 0 Å². The van der Waals surface area contributed by atoms with Crippen molar-refractivity contribution in [2.75, 3.05) is 0 Å². The van der Waals surface area contributed by atoms with Gasteiger partial charge in [0.15, 0.2) is 0 Å². The van der Waals surface area contributed by atoms with Gasteiger partial charge in [-0.25, -0.2) is 0 Å². The molecule has 2 N–H and O–H groups in total. The molecule has 2 saturated carbocycles. The molecule has 0 unspecified atom stereocenters. The van der Waals surface area contributed by atoms with E-state index in [2.05, 4.69) is 26.0 Å². The van der Waals surface area contributed by atoms with Crippen LogP contribution in [-0.4, -0.2) is 16.3 Å². The van der Waals surface area contributed by atoms with Gasteiger partial charge >= 0.3 is 0 Å². The number of rotatable bonds is 4. The number of benzene rings is 1. The third kappa shape index (κ3) is 2.81. The topological polar surface area (TPSA) is 40.5 Å². The Morgan fingerprint density at radius 3 is 2.76 bits per heavy atom. The van der Waals surface area contributed by atoms with Crippen LogP contribution in [0.1, 0.15) is 94.6 Å². The van der Waals surface area contributed by atoms with Crippen LogP contribution in [0.25, 0.3) is 0 Å². The van der Waals surface area contributed by atoms with Gasteiger partial charge in [-0.15, -0.1) is 0 Å². The molecule has 0 amide bonds. The number of aromatic hydroxyl groups is 1. The molecule has 0 radical (unpaired) electrons. The van der Waals surface area contributed by atoms with E-state index in [-0.39, 0.29) is 11.5 Å². The lowest BCUT2D eigenvalue weighted by Crippen LogP contribution is -2.44. The molecule has 1 aromatic carbocycles. The van der Waals surface area contributed by atoms with E-state index in [1.807, 2.05) is 6.07 Å². The van der Waals surface area contributed by atoms with Crippen LogP contribution in [0.4, 0.5) is 0 Å². The van der Waals surface area contributed by atoms with Crippen molar-refractivity contribution in [3.8, 4) is 5.75 Å². The summed E-state index contributed by atoms with van der Waals surface area (Å²) in [4.78, 5) is 0. The van der Waals surface area contributed by atoms with Crippen molar-refractivity contribution >= 4 is 0 Å². The van der Waals surface area contributed by atoms with E-state index < -0.39 is 0 Å². The van der Waals surface area contributed by atoms with E-state index in [0.29, 0.717) is 23.5 Å². The van der Waals surface area contributed by atoms with Crippen LogP contribution >= 0.6 is 0 Å². The number of aliphatic hydroxyl groups excluding tert-OH is 1. The largest absolute Gasteiger partial charge is 0.508 e. The summed E-state index contributed by atoms with van der Waals surface area (Å²) in [6.07, 6.45) is 10.8. The molecule has 0 bridgehead atoms. The summed E-state index contributed by atoms with van der Waals surface area (Å²) in [7, 11) is 0. The third-order valence-electron chi connectivity index (χ3n) is 8.01. The molecule has 1 aromatic rings. The molecule has 3 aliphatic carbocycles. The summed E-state index contributed by atoms with van der Waals surface area (Å²) >= 11 is 0. The second kappa shape index (κ2) is 6.61. The van der Waals surface area contributed by atoms with Crippen LogP contribution in [0.2, 0.25) is 0 Å². The number of hydrogen-bond acceptors (Lipinski definition) is 2. The second-order valence-electron chi connectivity index (χ2n) is 9.26. The van der Waals surface area contributed by atoms with E-state index in [1.165, 1.54) is 56.1 Å². The normalized spacial score (nSPS) is 39.6. The first-order valence-corrected chi connectivity index (χ1v) is 10.6. The lowest BCUT2D eigenvalue weighted by Gasteiger charge is -2.51. The SMILES string of the molecule is CCCCC[C@H]1C[C@@H]2[C@H](CC[C@]3(C)[C@@H](O)CC[C@@H]23)c2ccc(O)cc21. The van der Waals surface area contributed by atoms with Gasteiger partial charge in [-0.3, -0.25) is 0 Å². The molecule has 0 spiro atoms. The van der Waals surface area contributed by atoms with Gasteiger partial charge in [-0.1, -0.05) is 39.2 Å². The van der Waals surface area contributed by atoms with Crippen LogP contribution in [0.5, 0.6) is 5.75 Å². The van der Waals surface area contributed by atoms with E-state index in [1.54, 1.807) is 0 Å². The van der Waals surface area contributed by atoms with Gasteiger partial charge in [-0.05, 0) is 90.9 Å². The van der Waals surface area contributed by atoms with Gasteiger partial charge in [0.1, 0.15) is 5.75 Å². The Balaban J connectivity index is 1.67. The molecule has 4 rings (SSSR count). The zero-order valence-electron chi connectivity index (χ0n) is 15.9. The molecule has 2 heteroatoms. The standard InChI is InChI=1S/C23H34O2/c1-3-4-5-6-15-13-20-18(17-8-7-16(24)14-19(15)17)11-12-23(2)21(20)9-10-22(23)25/h7-8,14-15,18,20-22,24-25H,3-6,9-13H2,1-2H3/t15-,18+,20+,21-,22-,23-/m0/s1. The molecular formula is C23H34O2. The number of fused-ring (bicyclic) bond motifs is 5. The monoisotopic (exact) mass is 342 g/mol. The zero-order valence-corrected chi connectivity index (χ0v) is 15.9. The quantitative estimate of drug-likeness (QED) is 0.686. The van der Waals surface area contributed by atoms with Crippen molar-refractivity contribution in [3.05, 3.63) is 29.3 Å². The average molecular weight is 343 g/mol. The van der Waals surface area contributed by atoms with E-state index in [0.717, 1.165) is 18.8 Å². The molecule has 2 fully saturated rings. The van der Waals surface area contributed by atoms with Crippen LogP contribution in [0.3, 0.4) is 0 Å². The Morgan fingerprint density at radius 2 is 1.96 bits per heavy atom. The summed E-state index contributed by atoms with van der Waals surface area (Å²) in [6, 6.07) is 6.16. The molecule has 0 heterocycles. The molecule has 25 heavy (non-hydrogen) atoms. The highest BCUT2D eigenvalue weighted by Gasteiger charge is 2.55. The molecule has 0 saturated heterocycles. The first kappa shape index (κ1) is 17.4. The van der Waals surface area contributed by atoms with Gasteiger partial charge < -0.3 is 10.2 Å². The predicted molar refractivity (Wildman–Crippen MR) is 102 cm³/mol. The summed E-state index contributed by atoms with van der Waals surface area (Å²) in [5, 5.41) is 20.7. The smallest absolute Gasteiger partial charge is 0.115 e. The fourth-order valence-electron chi connectivity index (χ4n) is 6.60. The molecule has 3 aliphatic rings. The Hall–Kier alpha value is -1.02. The molecular weight excluding hydrogens is 308 g/mol. The maximum atomic E-state index is 10.6. The predicted octanol–water partition coefficient (Wildman–Crippen LogP) is 5.73. The first-order valence-electron chi connectivity index (χ1n) is 10.6. The Labute approximate surface area is 152 Å². The van der Waals surface area contributed by atoms with Gasteiger partial charge in [0.25, 0.3) is 0 Å². The second-order valence-corrected chi connectivity index (χ2v) is 9.26. The third-order valence-corrected chi connectivity index (χ3v) is 8.01. The Bertz CT molecular complexity index is 625. The number of aliphatic hydroxyl groups is 1.